The fourth-order valence-corrected chi connectivity index (χ4v) is 3.96. The van der Waals surface area contributed by atoms with E-state index in [9.17, 15) is 9.18 Å². The van der Waals surface area contributed by atoms with Crippen LogP contribution in [0.4, 0.5) is 4.39 Å². The number of carbonyl (C=O) groups is 1. The molecule has 2 aliphatic rings. The highest BCUT2D eigenvalue weighted by molar-refractivity contribution is 5.82. The van der Waals surface area contributed by atoms with Gasteiger partial charge in [0.05, 0.1) is 6.10 Å². The Morgan fingerprint density at radius 1 is 1.14 bits per heavy atom. The van der Waals surface area contributed by atoms with Gasteiger partial charge in [-0.05, 0) is 42.5 Å². The zero-order valence-corrected chi connectivity index (χ0v) is 15.8. The van der Waals surface area contributed by atoms with Crippen molar-refractivity contribution in [2.45, 2.75) is 44.0 Å². The maximum absolute atomic E-state index is 13.6. The molecule has 0 aromatic heterocycles. The van der Waals surface area contributed by atoms with E-state index in [1.807, 2.05) is 24.3 Å². The molecule has 2 saturated heterocycles. The van der Waals surface area contributed by atoms with Crippen molar-refractivity contribution < 1.29 is 13.9 Å². The van der Waals surface area contributed by atoms with Gasteiger partial charge in [0.25, 0.3) is 0 Å². The normalized spacial score (nSPS) is 24.4. The molecule has 2 N–H and O–H groups in total. The number of nitrogens with one attached hydrogen (secondary N) is 2. The monoisotopic (exact) mass is 383 g/mol. The highest BCUT2D eigenvalue weighted by Crippen LogP contribution is 2.24. The Balaban J connectivity index is 1.46. The van der Waals surface area contributed by atoms with Crippen molar-refractivity contribution in [3.05, 3.63) is 71.5 Å². The van der Waals surface area contributed by atoms with Crippen LogP contribution in [0.3, 0.4) is 0 Å². The Kier molecular flexibility index (Phi) is 6.00. The number of hydrogen-bond donors (Lipinski definition) is 2. The first-order valence-electron chi connectivity index (χ1n) is 9.90. The molecule has 3 atom stereocenters. The zero-order chi connectivity index (χ0) is 19.3. The van der Waals surface area contributed by atoms with E-state index in [1.54, 1.807) is 11.0 Å². The van der Waals surface area contributed by atoms with E-state index in [0.29, 0.717) is 19.5 Å². The summed E-state index contributed by atoms with van der Waals surface area (Å²) in [5.74, 6) is -0.266. The van der Waals surface area contributed by atoms with Crippen molar-refractivity contribution in [1.82, 2.24) is 15.8 Å². The SMILES string of the molecule is O=C(C1CC(c2ccccc2)NN1)N(Cc1cccc(F)c1)CC1CCCO1. The summed E-state index contributed by atoms with van der Waals surface area (Å²) in [4.78, 5) is 15.1. The Labute approximate surface area is 164 Å². The molecular weight excluding hydrogens is 357 g/mol. The van der Waals surface area contributed by atoms with Crippen molar-refractivity contribution in [3.8, 4) is 0 Å². The number of ether oxygens (including phenoxy) is 1. The summed E-state index contributed by atoms with van der Waals surface area (Å²) in [6.45, 7) is 1.65. The van der Waals surface area contributed by atoms with Crippen LogP contribution in [-0.4, -0.2) is 36.1 Å². The predicted molar refractivity (Wildman–Crippen MR) is 105 cm³/mol. The largest absolute Gasteiger partial charge is 0.376 e. The molecule has 28 heavy (non-hydrogen) atoms. The molecule has 5 nitrogen and oxygen atoms in total. The van der Waals surface area contributed by atoms with Crippen LogP contribution >= 0.6 is 0 Å². The second-order valence-electron chi connectivity index (χ2n) is 7.52. The molecule has 6 heteroatoms. The molecule has 0 bridgehead atoms. The Morgan fingerprint density at radius 2 is 2.00 bits per heavy atom. The van der Waals surface area contributed by atoms with E-state index < -0.39 is 0 Å². The summed E-state index contributed by atoms with van der Waals surface area (Å²) in [6.07, 6.45) is 2.70. The van der Waals surface area contributed by atoms with Crippen LogP contribution in [0.5, 0.6) is 0 Å². The summed E-state index contributed by atoms with van der Waals surface area (Å²) < 4.78 is 19.4. The molecule has 148 valence electrons. The lowest BCUT2D eigenvalue weighted by Crippen LogP contribution is -2.47. The molecule has 0 radical (unpaired) electrons. The first-order valence-corrected chi connectivity index (χ1v) is 9.90. The summed E-state index contributed by atoms with van der Waals surface area (Å²) in [5, 5.41) is 0. The van der Waals surface area contributed by atoms with E-state index in [4.69, 9.17) is 4.74 Å². The second kappa shape index (κ2) is 8.82. The Hall–Kier alpha value is -2.28. The molecular formula is C22H26FN3O2. The summed E-state index contributed by atoms with van der Waals surface area (Å²) >= 11 is 0. The van der Waals surface area contributed by atoms with E-state index in [1.165, 1.54) is 12.1 Å². The van der Waals surface area contributed by atoms with Gasteiger partial charge in [-0.25, -0.2) is 15.2 Å². The van der Waals surface area contributed by atoms with Gasteiger partial charge in [0.2, 0.25) is 5.91 Å². The van der Waals surface area contributed by atoms with Gasteiger partial charge in [0.15, 0.2) is 0 Å². The third-order valence-corrected chi connectivity index (χ3v) is 5.43. The fourth-order valence-electron chi connectivity index (χ4n) is 3.96. The topological polar surface area (TPSA) is 53.6 Å². The highest BCUT2D eigenvalue weighted by atomic mass is 19.1. The van der Waals surface area contributed by atoms with Gasteiger partial charge >= 0.3 is 0 Å². The number of hydrazine groups is 1. The van der Waals surface area contributed by atoms with E-state index in [0.717, 1.165) is 30.6 Å². The number of halogens is 1. The van der Waals surface area contributed by atoms with Crippen molar-refractivity contribution in [2.75, 3.05) is 13.2 Å². The molecule has 2 aliphatic heterocycles. The minimum absolute atomic E-state index is 0.0192. The van der Waals surface area contributed by atoms with Crippen LogP contribution in [-0.2, 0) is 16.1 Å². The predicted octanol–water partition coefficient (Wildman–Crippen LogP) is 2.94. The molecule has 0 spiro atoms. The Bertz CT molecular complexity index is 795. The number of hydrogen-bond acceptors (Lipinski definition) is 4. The number of carbonyl (C=O) groups excluding carboxylic acids is 1. The van der Waals surface area contributed by atoms with Crippen LogP contribution in [0.2, 0.25) is 0 Å². The maximum atomic E-state index is 13.6. The number of benzene rings is 2. The van der Waals surface area contributed by atoms with Gasteiger partial charge in [-0.2, -0.15) is 0 Å². The van der Waals surface area contributed by atoms with Crippen LogP contribution in [0.1, 0.15) is 36.4 Å². The molecule has 2 aromatic rings. The van der Waals surface area contributed by atoms with Crippen LogP contribution < -0.4 is 10.9 Å². The quantitative estimate of drug-likeness (QED) is 0.805. The molecule has 1 amide bonds. The molecule has 4 rings (SSSR count). The third-order valence-electron chi connectivity index (χ3n) is 5.43. The molecule has 2 fully saturated rings. The van der Waals surface area contributed by atoms with Gasteiger partial charge in [-0.1, -0.05) is 42.5 Å². The van der Waals surface area contributed by atoms with Crippen molar-refractivity contribution in [2.24, 2.45) is 0 Å². The van der Waals surface area contributed by atoms with E-state index >= 15 is 0 Å². The van der Waals surface area contributed by atoms with Gasteiger partial charge in [-0.3, -0.25) is 4.79 Å². The smallest absolute Gasteiger partial charge is 0.241 e. The number of rotatable bonds is 6. The lowest BCUT2D eigenvalue weighted by molar-refractivity contribution is -0.135. The molecule has 3 unspecified atom stereocenters. The Morgan fingerprint density at radius 3 is 2.75 bits per heavy atom. The summed E-state index contributed by atoms with van der Waals surface area (Å²) in [5.41, 5.74) is 8.33. The molecule has 0 aliphatic carbocycles. The lowest BCUT2D eigenvalue weighted by atomic mass is 10.0. The molecule has 0 saturated carbocycles. The van der Waals surface area contributed by atoms with E-state index in [2.05, 4.69) is 23.0 Å². The summed E-state index contributed by atoms with van der Waals surface area (Å²) in [7, 11) is 0. The average molecular weight is 383 g/mol. The van der Waals surface area contributed by atoms with Gasteiger partial charge in [0, 0.05) is 25.7 Å². The standard InChI is InChI=1S/C22H26FN3O2/c23-18-9-4-6-16(12-18)14-26(15-19-10-5-11-28-19)22(27)21-13-20(24-25-21)17-7-2-1-3-8-17/h1-4,6-9,12,19-21,24-25H,5,10-11,13-15H2. The van der Waals surface area contributed by atoms with Gasteiger partial charge in [-0.15, -0.1) is 0 Å². The van der Waals surface area contributed by atoms with Crippen LogP contribution in [0.15, 0.2) is 54.6 Å². The van der Waals surface area contributed by atoms with Crippen LogP contribution in [0, 0.1) is 5.82 Å². The maximum Gasteiger partial charge on any atom is 0.241 e. The van der Waals surface area contributed by atoms with Crippen molar-refractivity contribution in [1.29, 1.82) is 0 Å². The fraction of sp³-hybridized carbons (Fsp3) is 0.409. The number of amides is 1. The van der Waals surface area contributed by atoms with E-state index in [-0.39, 0.29) is 29.9 Å². The number of nitrogens with zero attached hydrogens (tertiary/aromatic N) is 1. The zero-order valence-electron chi connectivity index (χ0n) is 15.8. The van der Waals surface area contributed by atoms with Crippen molar-refractivity contribution >= 4 is 5.91 Å². The van der Waals surface area contributed by atoms with Crippen LogP contribution in [0.25, 0.3) is 0 Å². The highest BCUT2D eigenvalue weighted by Gasteiger charge is 2.34. The molecule has 2 heterocycles. The lowest BCUT2D eigenvalue weighted by Gasteiger charge is -2.28. The first kappa shape index (κ1) is 19.1. The van der Waals surface area contributed by atoms with Gasteiger partial charge < -0.3 is 9.64 Å². The second-order valence-corrected chi connectivity index (χ2v) is 7.52. The minimum atomic E-state index is -0.319. The summed E-state index contributed by atoms with van der Waals surface area (Å²) in [6, 6.07) is 16.3. The minimum Gasteiger partial charge on any atom is -0.376 e. The average Bonchev–Trinajstić information content (AvgIpc) is 3.40. The van der Waals surface area contributed by atoms with Gasteiger partial charge in [0.1, 0.15) is 11.9 Å². The first-order chi connectivity index (χ1) is 13.7. The third kappa shape index (κ3) is 4.58. The molecule has 2 aromatic carbocycles. The van der Waals surface area contributed by atoms with Crippen molar-refractivity contribution in [3.63, 3.8) is 0 Å².